The van der Waals surface area contributed by atoms with E-state index in [0.717, 1.165) is 28.9 Å². The fourth-order valence-electron chi connectivity index (χ4n) is 2.17. The Morgan fingerprint density at radius 3 is 2.40 bits per heavy atom. The monoisotopic (exact) mass is 269 g/mol. The lowest BCUT2D eigenvalue weighted by atomic mass is 10.0. The van der Waals surface area contributed by atoms with Crippen LogP contribution in [0, 0.1) is 6.92 Å². The fraction of sp³-hybridized carbons (Fsp3) is 0.294. The predicted octanol–water partition coefficient (Wildman–Crippen LogP) is 3.64. The zero-order valence-corrected chi connectivity index (χ0v) is 11.9. The molecule has 20 heavy (non-hydrogen) atoms. The number of rotatable bonds is 5. The average Bonchev–Trinajstić information content (AvgIpc) is 2.46. The minimum Gasteiger partial charge on any atom is -0.481 e. The smallest absolute Gasteiger partial charge is 0.303 e. The number of carbonyl (C=O) groups is 1. The Labute approximate surface area is 119 Å². The SMILES string of the molecule is CCc1ccc(-c2ccc(CCC(=O)O)c(C)n2)cc1. The highest BCUT2D eigenvalue weighted by Gasteiger charge is 2.06. The number of carboxylic acids is 1. The van der Waals surface area contributed by atoms with Gasteiger partial charge < -0.3 is 5.11 Å². The van der Waals surface area contributed by atoms with Crippen LogP contribution < -0.4 is 0 Å². The van der Waals surface area contributed by atoms with Gasteiger partial charge in [-0.2, -0.15) is 0 Å². The van der Waals surface area contributed by atoms with Gasteiger partial charge in [-0.25, -0.2) is 0 Å². The molecule has 0 fully saturated rings. The third-order valence-corrected chi connectivity index (χ3v) is 3.46. The van der Waals surface area contributed by atoms with Crippen LogP contribution in [0.4, 0.5) is 0 Å². The summed E-state index contributed by atoms with van der Waals surface area (Å²) in [6, 6.07) is 12.3. The molecule has 104 valence electrons. The molecule has 0 saturated carbocycles. The largest absolute Gasteiger partial charge is 0.481 e. The van der Waals surface area contributed by atoms with E-state index in [1.54, 1.807) is 0 Å². The van der Waals surface area contributed by atoms with Crippen molar-refractivity contribution in [3.63, 3.8) is 0 Å². The van der Waals surface area contributed by atoms with E-state index in [9.17, 15) is 4.79 Å². The fourth-order valence-corrected chi connectivity index (χ4v) is 2.17. The number of aromatic nitrogens is 1. The second kappa shape index (κ2) is 6.33. The Morgan fingerprint density at radius 2 is 1.85 bits per heavy atom. The number of aryl methyl sites for hydroxylation is 3. The Bertz CT molecular complexity index is 603. The van der Waals surface area contributed by atoms with Crippen LogP contribution in [0.1, 0.15) is 30.2 Å². The molecule has 0 radical (unpaired) electrons. The van der Waals surface area contributed by atoms with Crippen LogP contribution in [-0.2, 0) is 17.6 Å². The molecule has 1 N–H and O–H groups in total. The van der Waals surface area contributed by atoms with Crippen LogP contribution in [0.5, 0.6) is 0 Å². The maximum absolute atomic E-state index is 10.6. The summed E-state index contributed by atoms with van der Waals surface area (Å²) in [7, 11) is 0. The van der Waals surface area contributed by atoms with Crippen molar-refractivity contribution in [2.24, 2.45) is 0 Å². The minimum absolute atomic E-state index is 0.146. The first-order valence-corrected chi connectivity index (χ1v) is 6.87. The number of hydrogen-bond acceptors (Lipinski definition) is 2. The van der Waals surface area contributed by atoms with Crippen LogP contribution in [0.2, 0.25) is 0 Å². The molecule has 0 aliphatic rings. The van der Waals surface area contributed by atoms with Gasteiger partial charge in [0.1, 0.15) is 0 Å². The van der Waals surface area contributed by atoms with Gasteiger partial charge in [-0.15, -0.1) is 0 Å². The summed E-state index contributed by atoms with van der Waals surface area (Å²) in [4.78, 5) is 15.2. The molecule has 2 rings (SSSR count). The summed E-state index contributed by atoms with van der Waals surface area (Å²) >= 11 is 0. The van der Waals surface area contributed by atoms with Crippen molar-refractivity contribution in [3.05, 3.63) is 53.2 Å². The molecule has 0 atom stereocenters. The van der Waals surface area contributed by atoms with Gasteiger partial charge >= 0.3 is 5.97 Å². The number of benzene rings is 1. The van der Waals surface area contributed by atoms with Gasteiger partial charge in [0.15, 0.2) is 0 Å². The number of pyridine rings is 1. The van der Waals surface area contributed by atoms with E-state index in [-0.39, 0.29) is 6.42 Å². The maximum atomic E-state index is 10.6. The van der Waals surface area contributed by atoms with Gasteiger partial charge in [0, 0.05) is 17.7 Å². The van der Waals surface area contributed by atoms with Gasteiger partial charge in [0.2, 0.25) is 0 Å². The highest BCUT2D eigenvalue weighted by molar-refractivity contribution is 5.67. The summed E-state index contributed by atoms with van der Waals surface area (Å²) in [6.07, 6.45) is 1.71. The lowest BCUT2D eigenvalue weighted by molar-refractivity contribution is -0.136. The minimum atomic E-state index is -0.774. The zero-order valence-electron chi connectivity index (χ0n) is 11.9. The first-order chi connectivity index (χ1) is 9.60. The Kier molecular flexibility index (Phi) is 4.51. The lowest BCUT2D eigenvalue weighted by Gasteiger charge is -2.07. The molecule has 0 amide bonds. The summed E-state index contributed by atoms with van der Waals surface area (Å²) < 4.78 is 0. The van der Waals surface area contributed by atoms with Gasteiger partial charge in [0.05, 0.1) is 5.69 Å². The normalized spacial score (nSPS) is 10.5. The van der Waals surface area contributed by atoms with Gasteiger partial charge in [-0.3, -0.25) is 9.78 Å². The third kappa shape index (κ3) is 3.44. The van der Waals surface area contributed by atoms with Gasteiger partial charge in [-0.05, 0) is 37.0 Å². The Hall–Kier alpha value is -2.16. The molecule has 0 spiro atoms. The number of aliphatic carboxylic acids is 1. The van der Waals surface area contributed by atoms with Crippen molar-refractivity contribution < 1.29 is 9.90 Å². The highest BCUT2D eigenvalue weighted by atomic mass is 16.4. The van der Waals surface area contributed by atoms with Crippen LogP contribution in [0.25, 0.3) is 11.3 Å². The van der Waals surface area contributed by atoms with Crippen LogP contribution in [0.3, 0.4) is 0 Å². The van der Waals surface area contributed by atoms with Gasteiger partial charge in [-0.1, -0.05) is 37.3 Å². The molecule has 0 aliphatic carbocycles. The number of carboxylic acid groups (broad SMARTS) is 1. The first-order valence-electron chi connectivity index (χ1n) is 6.87. The lowest BCUT2D eigenvalue weighted by Crippen LogP contribution is -2.00. The van der Waals surface area contributed by atoms with Crippen LogP contribution in [0.15, 0.2) is 36.4 Å². The van der Waals surface area contributed by atoms with Crippen molar-refractivity contribution in [2.75, 3.05) is 0 Å². The van der Waals surface area contributed by atoms with Crippen LogP contribution >= 0.6 is 0 Å². The molecule has 1 heterocycles. The van der Waals surface area contributed by atoms with E-state index in [1.165, 1.54) is 5.56 Å². The molecule has 0 saturated heterocycles. The van der Waals surface area contributed by atoms with E-state index >= 15 is 0 Å². The second-order valence-corrected chi connectivity index (χ2v) is 4.89. The molecule has 0 aliphatic heterocycles. The molecule has 1 aromatic heterocycles. The summed E-state index contributed by atoms with van der Waals surface area (Å²) in [5.74, 6) is -0.774. The summed E-state index contributed by atoms with van der Waals surface area (Å²) in [5.41, 5.74) is 5.24. The van der Waals surface area contributed by atoms with Gasteiger partial charge in [0.25, 0.3) is 0 Å². The van der Waals surface area contributed by atoms with E-state index < -0.39 is 5.97 Å². The Balaban J connectivity index is 2.21. The standard InChI is InChI=1S/C17H19NO2/c1-3-13-4-6-15(7-5-13)16-10-8-14(12(2)18-16)9-11-17(19)20/h4-8,10H,3,9,11H2,1-2H3,(H,19,20). The predicted molar refractivity (Wildman–Crippen MR) is 79.7 cm³/mol. The molecule has 1 aromatic carbocycles. The Morgan fingerprint density at radius 1 is 1.15 bits per heavy atom. The molecule has 0 bridgehead atoms. The molecule has 3 nitrogen and oxygen atoms in total. The van der Waals surface area contributed by atoms with Crippen molar-refractivity contribution in [2.45, 2.75) is 33.1 Å². The summed E-state index contributed by atoms with van der Waals surface area (Å²) in [6.45, 7) is 4.07. The molecular formula is C17H19NO2. The maximum Gasteiger partial charge on any atom is 0.303 e. The first kappa shape index (κ1) is 14.3. The van der Waals surface area contributed by atoms with E-state index in [1.807, 2.05) is 19.1 Å². The van der Waals surface area contributed by atoms with E-state index in [4.69, 9.17) is 5.11 Å². The topological polar surface area (TPSA) is 50.2 Å². The quantitative estimate of drug-likeness (QED) is 0.901. The van der Waals surface area contributed by atoms with Crippen molar-refractivity contribution >= 4 is 5.97 Å². The van der Waals surface area contributed by atoms with Crippen molar-refractivity contribution in [3.8, 4) is 11.3 Å². The average molecular weight is 269 g/mol. The second-order valence-electron chi connectivity index (χ2n) is 4.89. The van der Waals surface area contributed by atoms with Crippen molar-refractivity contribution in [1.82, 2.24) is 4.98 Å². The summed E-state index contributed by atoms with van der Waals surface area (Å²) in [5, 5.41) is 8.73. The van der Waals surface area contributed by atoms with Crippen LogP contribution in [-0.4, -0.2) is 16.1 Å². The molecular weight excluding hydrogens is 250 g/mol. The van der Waals surface area contributed by atoms with E-state index in [2.05, 4.69) is 36.2 Å². The number of nitrogens with zero attached hydrogens (tertiary/aromatic N) is 1. The van der Waals surface area contributed by atoms with Crippen molar-refractivity contribution in [1.29, 1.82) is 0 Å². The van der Waals surface area contributed by atoms with E-state index in [0.29, 0.717) is 6.42 Å². The highest BCUT2D eigenvalue weighted by Crippen LogP contribution is 2.20. The zero-order chi connectivity index (χ0) is 14.5. The third-order valence-electron chi connectivity index (χ3n) is 3.46. The molecule has 2 aromatic rings. The number of hydrogen-bond donors (Lipinski definition) is 1. The molecule has 3 heteroatoms. The molecule has 0 unspecified atom stereocenters.